The number of ketones is 1. The van der Waals surface area contributed by atoms with Crippen molar-refractivity contribution in [3.8, 4) is 5.88 Å². The average molecular weight is 226 g/mol. The van der Waals surface area contributed by atoms with Crippen LogP contribution in [0.2, 0.25) is 5.02 Å². The number of carbonyl (C=O) groups excluding carboxylic acids is 1. The lowest BCUT2D eigenvalue weighted by molar-refractivity contribution is -0.121. The largest absolute Gasteiger partial charge is 0.473 e. The predicted octanol–water partition coefficient (Wildman–Crippen LogP) is 2.63. The highest BCUT2D eigenvalue weighted by molar-refractivity contribution is 6.31. The van der Waals surface area contributed by atoms with Gasteiger partial charge in [-0.25, -0.2) is 4.98 Å². The van der Waals surface area contributed by atoms with Gasteiger partial charge >= 0.3 is 0 Å². The molecule has 1 heterocycles. The molecule has 0 saturated heterocycles. The third-order valence-corrected chi connectivity index (χ3v) is 2.78. The molecule has 80 valence electrons. The second kappa shape index (κ2) is 4.62. The highest BCUT2D eigenvalue weighted by atomic mass is 35.5. The number of rotatable bonds is 2. The van der Waals surface area contributed by atoms with Crippen LogP contribution in [0.3, 0.4) is 0 Å². The Labute approximate surface area is 93.4 Å². The van der Waals surface area contributed by atoms with Crippen LogP contribution in [0.5, 0.6) is 5.88 Å². The van der Waals surface area contributed by atoms with E-state index in [-0.39, 0.29) is 6.10 Å². The van der Waals surface area contributed by atoms with Gasteiger partial charge in [0.25, 0.3) is 0 Å². The van der Waals surface area contributed by atoms with E-state index in [0.29, 0.717) is 29.5 Å². The maximum Gasteiger partial charge on any atom is 0.232 e. The molecule has 0 aromatic carbocycles. The molecule has 1 fully saturated rings. The molecular weight excluding hydrogens is 214 g/mol. The highest BCUT2D eigenvalue weighted by Crippen LogP contribution is 2.25. The topological polar surface area (TPSA) is 39.2 Å². The monoisotopic (exact) mass is 225 g/mol. The van der Waals surface area contributed by atoms with Crippen LogP contribution in [0.1, 0.15) is 25.7 Å². The summed E-state index contributed by atoms with van der Waals surface area (Å²) in [7, 11) is 0. The summed E-state index contributed by atoms with van der Waals surface area (Å²) >= 11 is 5.92. The number of nitrogens with zero attached hydrogens (tertiary/aromatic N) is 1. The van der Waals surface area contributed by atoms with Crippen LogP contribution < -0.4 is 4.74 Å². The van der Waals surface area contributed by atoms with E-state index in [1.165, 1.54) is 0 Å². The molecule has 0 atom stereocenters. The Morgan fingerprint density at radius 1 is 1.40 bits per heavy atom. The van der Waals surface area contributed by atoms with Crippen LogP contribution in [0, 0.1) is 0 Å². The molecule has 0 amide bonds. The first-order valence-electron chi connectivity index (χ1n) is 5.04. The zero-order chi connectivity index (χ0) is 10.7. The highest BCUT2D eigenvalue weighted by Gasteiger charge is 2.20. The Morgan fingerprint density at radius 2 is 2.13 bits per heavy atom. The summed E-state index contributed by atoms with van der Waals surface area (Å²) in [6.07, 6.45) is 4.48. The molecule has 3 nitrogen and oxygen atoms in total. The fourth-order valence-electron chi connectivity index (χ4n) is 1.65. The van der Waals surface area contributed by atoms with Crippen molar-refractivity contribution >= 4 is 17.4 Å². The molecule has 1 saturated carbocycles. The second-order valence-electron chi connectivity index (χ2n) is 3.65. The molecule has 1 aromatic heterocycles. The number of carbonyl (C=O) groups is 1. The number of halogens is 1. The number of Topliss-reactive ketones (excluding diaryl/α,β-unsaturated/α-hetero) is 1. The molecule has 0 radical (unpaired) electrons. The smallest absolute Gasteiger partial charge is 0.232 e. The summed E-state index contributed by atoms with van der Waals surface area (Å²) in [5.74, 6) is 0.792. The van der Waals surface area contributed by atoms with Gasteiger partial charge in [0, 0.05) is 19.0 Å². The van der Waals surface area contributed by atoms with Gasteiger partial charge in [-0.2, -0.15) is 0 Å². The maximum absolute atomic E-state index is 11.0. The van der Waals surface area contributed by atoms with Crippen molar-refractivity contribution in [2.45, 2.75) is 31.8 Å². The Bertz CT molecular complexity index is 357. The van der Waals surface area contributed by atoms with Crippen LogP contribution in [-0.2, 0) is 4.79 Å². The van der Waals surface area contributed by atoms with Crippen LogP contribution >= 0.6 is 11.6 Å². The number of hydrogen-bond acceptors (Lipinski definition) is 3. The zero-order valence-corrected chi connectivity index (χ0v) is 9.04. The summed E-state index contributed by atoms with van der Waals surface area (Å²) in [4.78, 5) is 15.1. The van der Waals surface area contributed by atoms with Gasteiger partial charge in [0.05, 0.1) is 0 Å². The lowest BCUT2D eigenvalue weighted by Crippen LogP contribution is -2.24. The van der Waals surface area contributed by atoms with Gasteiger partial charge in [-0.1, -0.05) is 11.6 Å². The third kappa shape index (κ3) is 2.69. The summed E-state index contributed by atoms with van der Waals surface area (Å²) in [5.41, 5.74) is 0. The molecule has 0 aliphatic heterocycles. The summed E-state index contributed by atoms with van der Waals surface area (Å²) in [6, 6.07) is 3.51. The Morgan fingerprint density at radius 3 is 2.80 bits per heavy atom. The summed E-state index contributed by atoms with van der Waals surface area (Å²) < 4.78 is 5.64. The first-order chi connectivity index (χ1) is 7.25. The molecule has 0 bridgehead atoms. The van der Waals surface area contributed by atoms with Crippen LogP contribution in [0.15, 0.2) is 18.3 Å². The molecule has 0 spiro atoms. The van der Waals surface area contributed by atoms with E-state index in [1.54, 1.807) is 18.3 Å². The fourth-order valence-corrected chi connectivity index (χ4v) is 1.81. The molecule has 0 N–H and O–H groups in total. The normalized spacial score (nSPS) is 17.8. The van der Waals surface area contributed by atoms with Crippen molar-refractivity contribution < 1.29 is 9.53 Å². The standard InChI is InChI=1S/C11H12ClNO2/c12-10-2-1-7-13-11(10)15-9-5-3-8(14)4-6-9/h1-2,7,9H,3-6H2. The number of aromatic nitrogens is 1. The molecule has 15 heavy (non-hydrogen) atoms. The van der Waals surface area contributed by atoms with Crippen LogP contribution in [0.25, 0.3) is 0 Å². The van der Waals surface area contributed by atoms with Gasteiger partial charge < -0.3 is 4.74 Å². The Kier molecular flexibility index (Phi) is 3.21. The van der Waals surface area contributed by atoms with E-state index in [2.05, 4.69) is 4.98 Å². The van der Waals surface area contributed by atoms with E-state index in [1.807, 2.05) is 0 Å². The zero-order valence-electron chi connectivity index (χ0n) is 8.28. The first kappa shape index (κ1) is 10.4. The van der Waals surface area contributed by atoms with Crippen LogP contribution in [0.4, 0.5) is 0 Å². The van der Waals surface area contributed by atoms with E-state index in [0.717, 1.165) is 12.8 Å². The quantitative estimate of drug-likeness (QED) is 0.777. The van der Waals surface area contributed by atoms with Crippen molar-refractivity contribution in [3.05, 3.63) is 23.4 Å². The van der Waals surface area contributed by atoms with E-state index in [4.69, 9.17) is 16.3 Å². The van der Waals surface area contributed by atoms with Crippen molar-refractivity contribution in [1.82, 2.24) is 4.98 Å². The van der Waals surface area contributed by atoms with Crippen molar-refractivity contribution in [2.75, 3.05) is 0 Å². The van der Waals surface area contributed by atoms with E-state index < -0.39 is 0 Å². The maximum atomic E-state index is 11.0. The minimum atomic E-state index is 0.0788. The first-order valence-corrected chi connectivity index (χ1v) is 5.42. The number of hydrogen-bond donors (Lipinski definition) is 0. The summed E-state index contributed by atoms with van der Waals surface area (Å²) in [5, 5.41) is 0.523. The molecule has 4 heteroatoms. The van der Waals surface area contributed by atoms with Gasteiger partial charge in [0.15, 0.2) is 0 Å². The molecular formula is C11H12ClNO2. The van der Waals surface area contributed by atoms with E-state index in [9.17, 15) is 4.79 Å². The minimum absolute atomic E-state index is 0.0788. The fraction of sp³-hybridized carbons (Fsp3) is 0.455. The van der Waals surface area contributed by atoms with Crippen LogP contribution in [-0.4, -0.2) is 16.9 Å². The molecule has 2 rings (SSSR count). The van der Waals surface area contributed by atoms with Crippen molar-refractivity contribution in [3.63, 3.8) is 0 Å². The van der Waals surface area contributed by atoms with Crippen molar-refractivity contribution in [2.24, 2.45) is 0 Å². The predicted molar refractivity (Wildman–Crippen MR) is 57.1 cm³/mol. The van der Waals surface area contributed by atoms with E-state index >= 15 is 0 Å². The molecule has 1 aromatic rings. The van der Waals surface area contributed by atoms with Gasteiger partial charge in [-0.05, 0) is 25.0 Å². The lowest BCUT2D eigenvalue weighted by Gasteiger charge is -2.21. The molecule has 1 aliphatic rings. The van der Waals surface area contributed by atoms with Gasteiger partial charge in [-0.15, -0.1) is 0 Å². The van der Waals surface area contributed by atoms with Gasteiger partial charge in [-0.3, -0.25) is 4.79 Å². The lowest BCUT2D eigenvalue weighted by atomic mass is 9.96. The molecule has 1 aliphatic carbocycles. The van der Waals surface area contributed by atoms with Crippen molar-refractivity contribution in [1.29, 1.82) is 0 Å². The second-order valence-corrected chi connectivity index (χ2v) is 4.05. The minimum Gasteiger partial charge on any atom is -0.473 e. The number of ether oxygens (including phenoxy) is 1. The summed E-state index contributed by atoms with van der Waals surface area (Å²) in [6.45, 7) is 0. The molecule has 0 unspecified atom stereocenters. The SMILES string of the molecule is O=C1CCC(Oc2ncccc2Cl)CC1. The van der Waals surface area contributed by atoms with Gasteiger partial charge in [0.2, 0.25) is 5.88 Å². The average Bonchev–Trinajstić information content (AvgIpc) is 2.25. The Balaban J connectivity index is 1.97. The third-order valence-electron chi connectivity index (χ3n) is 2.49. The van der Waals surface area contributed by atoms with Gasteiger partial charge in [0.1, 0.15) is 16.9 Å². The Hall–Kier alpha value is -1.09. The number of pyridine rings is 1.